The SMILES string of the molecule is NC(c1cncc(Br)c1)c1ccc2c(c1)NC(=O)CO2. The first-order chi connectivity index (χ1) is 9.63. The number of nitrogens with zero attached hydrogens (tertiary/aromatic N) is 1. The van der Waals surface area contributed by atoms with Crippen molar-refractivity contribution in [1.29, 1.82) is 0 Å². The first kappa shape index (κ1) is 13.1. The van der Waals surface area contributed by atoms with Crippen LogP contribution in [0.3, 0.4) is 0 Å². The topological polar surface area (TPSA) is 77.2 Å². The van der Waals surface area contributed by atoms with Gasteiger partial charge >= 0.3 is 0 Å². The monoisotopic (exact) mass is 333 g/mol. The molecule has 3 rings (SSSR count). The Labute approximate surface area is 124 Å². The zero-order chi connectivity index (χ0) is 14.1. The van der Waals surface area contributed by atoms with E-state index in [1.807, 2.05) is 24.3 Å². The summed E-state index contributed by atoms with van der Waals surface area (Å²) in [5.74, 6) is 0.500. The number of nitrogens with two attached hydrogens (primary N) is 1. The third-order valence-electron chi connectivity index (χ3n) is 3.08. The van der Waals surface area contributed by atoms with E-state index in [9.17, 15) is 4.79 Å². The molecule has 1 aromatic heterocycles. The van der Waals surface area contributed by atoms with E-state index in [4.69, 9.17) is 10.5 Å². The van der Waals surface area contributed by atoms with Crippen LogP contribution in [0, 0.1) is 0 Å². The van der Waals surface area contributed by atoms with Crippen LogP contribution in [0.5, 0.6) is 5.75 Å². The number of ether oxygens (including phenoxy) is 1. The lowest BCUT2D eigenvalue weighted by Crippen LogP contribution is -2.25. The highest BCUT2D eigenvalue weighted by Crippen LogP contribution is 2.31. The second-order valence-electron chi connectivity index (χ2n) is 4.51. The highest BCUT2D eigenvalue weighted by atomic mass is 79.9. The fourth-order valence-electron chi connectivity index (χ4n) is 2.09. The largest absolute Gasteiger partial charge is 0.482 e. The Morgan fingerprint density at radius 3 is 2.95 bits per heavy atom. The summed E-state index contributed by atoms with van der Waals surface area (Å²) in [6.07, 6.45) is 3.43. The van der Waals surface area contributed by atoms with Crippen molar-refractivity contribution >= 4 is 27.5 Å². The van der Waals surface area contributed by atoms with Gasteiger partial charge < -0.3 is 15.8 Å². The molecule has 1 aromatic carbocycles. The summed E-state index contributed by atoms with van der Waals surface area (Å²) < 4.78 is 6.20. The van der Waals surface area contributed by atoms with Gasteiger partial charge in [0.2, 0.25) is 0 Å². The van der Waals surface area contributed by atoms with Gasteiger partial charge in [-0.3, -0.25) is 9.78 Å². The summed E-state index contributed by atoms with van der Waals surface area (Å²) in [4.78, 5) is 15.4. The number of anilines is 1. The number of benzene rings is 1. The molecule has 1 atom stereocenters. The van der Waals surface area contributed by atoms with Gasteiger partial charge in [-0.1, -0.05) is 6.07 Å². The van der Waals surface area contributed by atoms with E-state index < -0.39 is 0 Å². The van der Waals surface area contributed by atoms with Crippen molar-refractivity contribution in [3.05, 3.63) is 52.3 Å². The highest BCUT2D eigenvalue weighted by molar-refractivity contribution is 9.10. The van der Waals surface area contributed by atoms with E-state index in [0.29, 0.717) is 11.4 Å². The molecular formula is C14H12BrN3O2. The molecule has 1 aliphatic heterocycles. The number of pyridine rings is 1. The Morgan fingerprint density at radius 2 is 2.15 bits per heavy atom. The van der Waals surface area contributed by atoms with Gasteiger partial charge in [-0.25, -0.2) is 0 Å². The summed E-state index contributed by atoms with van der Waals surface area (Å²) in [6, 6.07) is 7.14. The maximum absolute atomic E-state index is 11.3. The molecule has 0 radical (unpaired) electrons. The van der Waals surface area contributed by atoms with Crippen molar-refractivity contribution in [3.63, 3.8) is 0 Å². The van der Waals surface area contributed by atoms with Gasteiger partial charge in [-0.2, -0.15) is 0 Å². The smallest absolute Gasteiger partial charge is 0.262 e. The fourth-order valence-corrected chi connectivity index (χ4v) is 2.47. The molecule has 102 valence electrons. The molecule has 0 bridgehead atoms. The van der Waals surface area contributed by atoms with Crippen molar-refractivity contribution < 1.29 is 9.53 Å². The summed E-state index contributed by atoms with van der Waals surface area (Å²) in [7, 11) is 0. The van der Waals surface area contributed by atoms with Crippen LogP contribution in [0.2, 0.25) is 0 Å². The lowest BCUT2D eigenvalue weighted by molar-refractivity contribution is -0.118. The quantitative estimate of drug-likeness (QED) is 0.883. The Morgan fingerprint density at radius 1 is 1.30 bits per heavy atom. The second kappa shape index (κ2) is 5.22. The number of halogens is 1. The van der Waals surface area contributed by atoms with Crippen LogP contribution in [0.25, 0.3) is 0 Å². The maximum Gasteiger partial charge on any atom is 0.262 e. The van der Waals surface area contributed by atoms with Crippen molar-refractivity contribution in [2.24, 2.45) is 5.73 Å². The third-order valence-corrected chi connectivity index (χ3v) is 3.51. The van der Waals surface area contributed by atoms with E-state index >= 15 is 0 Å². The van der Waals surface area contributed by atoms with Gasteiger partial charge in [0.15, 0.2) is 6.61 Å². The molecular weight excluding hydrogens is 322 g/mol. The van der Waals surface area contributed by atoms with Crippen LogP contribution in [-0.4, -0.2) is 17.5 Å². The second-order valence-corrected chi connectivity index (χ2v) is 5.42. The molecule has 2 aromatic rings. The number of hydrogen-bond donors (Lipinski definition) is 2. The standard InChI is InChI=1S/C14H12BrN3O2/c15-10-3-9(5-17-6-10)14(16)8-1-2-12-11(4-8)18-13(19)7-20-12/h1-6,14H,7,16H2,(H,18,19). The van der Waals surface area contributed by atoms with Gasteiger partial charge in [0.05, 0.1) is 11.7 Å². The molecule has 1 amide bonds. The first-order valence-electron chi connectivity index (χ1n) is 6.06. The zero-order valence-corrected chi connectivity index (χ0v) is 12.1. The zero-order valence-electron chi connectivity index (χ0n) is 10.5. The predicted molar refractivity (Wildman–Crippen MR) is 78.5 cm³/mol. The average Bonchev–Trinajstić information content (AvgIpc) is 2.45. The molecule has 5 nitrogen and oxygen atoms in total. The van der Waals surface area contributed by atoms with Crippen LogP contribution < -0.4 is 15.8 Å². The maximum atomic E-state index is 11.3. The van der Waals surface area contributed by atoms with E-state index in [1.165, 1.54) is 0 Å². The minimum atomic E-state index is -0.316. The van der Waals surface area contributed by atoms with Gasteiger partial charge in [0.25, 0.3) is 5.91 Å². The summed E-state index contributed by atoms with van der Waals surface area (Å²) >= 11 is 3.38. The van der Waals surface area contributed by atoms with Gasteiger partial charge in [-0.15, -0.1) is 0 Å². The number of amides is 1. The number of carbonyl (C=O) groups excluding carboxylic acids is 1. The summed E-state index contributed by atoms with van der Waals surface area (Å²) in [6.45, 7) is 0.0496. The van der Waals surface area contributed by atoms with Crippen LogP contribution in [0.4, 0.5) is 5.69 Å². The van der Waals surface area contributed by atoms with Gasteiger partial charge in [0, 0.05) is 16.9 Å². The number of nitrogens with one attached hydrogen (secondary N) is 1. The number of aromatic nitrogens is 1. The molecule has 6 heteroatoms. The normalized spacial score (nSPS) is 15.0. The van der Waals surface area contributed by atoms with Crippen LogP contribution in [-0.2, 0) is 4.79 Å². The predicted octanol–water partition coefficient (Wildman–Crippen LogP) is 2.22. The van der Waals surface area contributed by atoms with Crippen molar-refractivity contribution in [1.82, 2.24) is 4.98 Å². The average molecular weight is 334 g/mol. The molecule has 1 unspecified atom stereocenters. The van der Waals surface area contributed by atoms with Crippen LogP contribution >= 0.6 is 15.9 Å². The highest BCUT2D eigenvalue weighted by Gasteiger charge is 2.18. The summed E-state index contributed by atoms with van der Waals surface area (Å²) in [5, 5.41) is 2.77. The molecule has 0 saturated carbocycles. The minimum Gasteiger partial charge on any atom is -0.482 e. The van der Waals surface area contributed by atoms with Crippen LogP contribution in [0.1, 0.15) is 17.2 Å². The Kier molecular flexibility index (Phi) is 3.42. The van der Waals surface area contributed by atoms with Gasteiger partial charge in [-0.05, 0) is 45.3 Å². The Bertz CT molecular complexity index is 675. The number of rotatable bonds is 2. The Hall–Kier alpha value is -1.92. The lowest BCUT2D eigenvalue weighted by atomic mass is 10.00. The number of hydrogen-bond acceptors (Lipinski definition) is 4. The first-order valence-corrected chi connectivity index (χ1v) is 6.85. The molecule has 0 aliphatic carbocycles. The van der Waals surface area contributed by atoms with Crippen molar-refractivity contribution in [3.8, 4) is 5.75 Å². The molecule has 0 fully saturated rings. The molecule has 2 heterocycles. The fraction of sp³-hybridized carbons (Fsp3) is 0.143. The number of carbonyl (C=O) groups is 1. The molecule has 20 heavy (non-hydrogen) atoms. The lowest BCUT2D eigenvalue weighted by Gasteiger charge is -2.20. The van der Waals surface area contributed by atoms with E-state index in [2.05, 4.69) is 26.2 Å². The van der Waals surface area contributed by atoms with Gasteiger partial charge in [0.1, 0.15) is 5.75 Å². The molecule has 0 spiro atoms. The number of fused-ring (bicyclic) bond motifs is 1. The molecule has 1 aliphatic rings. The van der Waals surface area contributed by atoms with E-state index in [0.717, 1.165) is 15.6 Å². The Balaban J connectivity index is 1.94. The van der Waals surface area contributed by atoms with E-state index in [-0.39, 0.29) is 18.6 Å². The summed E-state index contributed by atoms with van der Waals surface area (Å²) in [5.41, 5.74) is 8.66. The van der Waals surface area contributed by atoms with Crippen molar-refractivity contribution in [2.75, 3.05) is 11.9 Å². The van der Waals surface area contributed by atoms with Crippen LogP contribution in [0.15, 0.2) is 41.1 Å². The minimum absolute atomic E-state index is 0.0496. The van der Waals surface area contributed by atoms with E-state index in [1.54, 1.807) is 12.4 Å². The van der Waals surface area contributed by atoms with Crippen molar-refractivity contribution in [2.45, 2.75) is 6.04 Å². The molecule has 3 N–H and O–H groups in total. The third kappa shape index (κ3) is 2.52. The molecule has 0 saturated heterocycles.